The van der Waals surface area contributed by atoms with E-state index in [9.17, 15) is 9.90 Å². The van der Waals surface area contributed by atoms with E-state index < -0.39 is 5.97 Å². The third-order valence-electron chi connectivity index (χ3n) is 1.46. The number of rotatable bonds is 2. The molecule has 0 unspecified atom stereocenters. The van der Waals surface area contributed by atoms with Crippen LogP contribution in [0, 0.1) is 7.14 Å². The van der Waals surface area contributed by atoms with Gasteiger partial charge in [0.05, 0.1) is 3.57 Å². The molecule has 14 heavy (non-hydrogen) atoms. The highest BCUT2D eigenvalue weighted by molar-refractivity contribution is 14.1. The second-order valence-corrected chi connectivity index (χ2v) is 4.90. The fraction of sp³-hybridized carbons (Fsp3) is 0. The fourth-order valence-corrected chi connectivity index (χ4v) is 2.76. The Labute approximate surface area is 108 Å². The minimum absolute atomic E-state index is 0.114. The van der Waals surface area contributed by atoms with Crippen LogP contribution in [0.3, 0.4) is 0 Å². The standard InChI is InChI=1S/C9H6I2O3/c10-6-3-5(1-2-8(12)13)9(14)7(11)4-6/h1-4,14H,(H,12,13)/b2-1+. The molecule has 0 spiro atoms. The monoisotopic (exact) mass is 416 g/mol. The number of hydrogen-bond acceptors (Lipinski definition) is 2. The molecule has 1 rings (SSSR count). The van der Waals surface area contributed by atoms with Crippen molar-refractivity contribution in [2.75, 3.05) is 0 Å². The first-order valence-electron chi connectivity index (χ1n) is 3.59. The van der Waals surface area contributed by atoms with Crippen molar-refractivity contribution >= 4 is 57.2 Å². The van der Waals surface area contributed by atoms with Gasteiger partial charge < -0.3 is 10.2 Å². The van der Waals surface area contributed by atoms with Crippen molar-refractivity contribution in [2.45, 2.75) is 0 Å². The molecule has 0 saturated heterocycles. The molecular formula is C9H6I2O3. The van der Waals surface area contributed by atoms with E-state index in [2.05, 4.69) is 22.6 Å². The number of carboxylic acids is 1. The number of hydrogen-bond donors (Lipinski definition) is 2. The number of phenols is 1. The van der Waals surface area contributed by atoms with Crippen molar-refractivity contribution in [3.63, 3.8) is 0 Å². The van der Waals surface area contributed by atoms with Crippen LogP contribution in [-0.2, 0) is 4.79 Å². The van der Waals surface area contributed by atoms with Gasteiger partial charge in [-0.25, -0.2) is 4.79 Å². The number of phenolic OH excluding ortho intramolecular Hbond substituents is 1. The van der Waals surface area contributed by atoms with E-state index in [1.807, 2.05) is 28.7 Å². The smallest absolute Gasteiger partial charge is 0.328 e. The van der Waals surface area contributed by atoms with Crippen LogP contribution in [0.25, 0.3) is 6.08 Å². The zero-order valence-corrected chi connectivity index (χ0v) is 11.2. The predicted octanol–water partition coefficient (Wildman–Crippen LogP) is 2.70. The molecule has 0 aliphatic heterocycles. The van der Waals surface area contributed by atoms with Crippen LogP contribution < -0.4 is 0 Å². The molecule has 5 heteroatoms. The molecule has 0 bridgehead atoms. The van der Waals surface area contributed by atoms with E-state index in [1.54, 1.807) is 6.07 Å². The van der Waals surface area contributed by atoms with Crippen LogP contribution in [0.5, 0.6) is 5.75 Å². The lowest BCUT2D eigenvalue weighted by molar-refractivity contribution is -0.131. The molecule has 0 heterocycles. The highest BCUT2D eigenvalue weighted by Gasteiger charge is 2.04. The summed E-state index contributed by atoms with van der Waals surface area (Å²) in [6.07, 6.45) is 2.38. The Kier molecular flexibility index (Phi) is 4.17. The molecule has 0 amide bonds. The van der Waals surface area contributed by atoms with Crippen LogP contribution in [-0.4, -0.2) is 16.2 Å². The Morgan fingerprint density at radius 3 is 2.57 bits per heavy atom. The summed E-state index contributed by atoms with van der Waals surface area (Å²) in [6, 6.07) is 3.53. The highest BCUT2D eigenvalue weighted by atomic mass is 127. The van der Waals surface area contributed by atoms with Gasteiger partial charge in [-0.15, -0.1) is 0 Å². The summed E-state index contributed by atoms with van der Waals surface area (Å²) in [5, 5.41) is 18.0. The van der Waals surface area contributed by atoms with Gasteiger partial charge in [0.1, 0.15) is 5.75 Å². The number of benzene rings is 1. The average molecular weight is 416 g/mol. The minimum atomic E-state index is -1.03. The summed E-state index contributed by atoms with van der Waals surface area (Å²) in [5.41, 5.74) is 0.517. The van der Waals surface area contributed by atoms with Crippen molar-refractivity contribution in [1.82, 2.24) is 0 Å². The Hall–Kier alpha value is -0.310. The quantitative estimate of drug-likeness (QED) is 0.576. The largest absolute Gasteiger partial charge is 0.506 e. The van der Waals surface area contributed by atoms with Gasteiger partial charge in [-0.05, 0) is 63.4 Å². The van der Waals surface area contributed by atoms with Crippen molar-refractivity contribution in [2.24, 2.45) is 0 Å². The lowest BCUT2D eigenvalue weighted by Crippen LogP contribution is -1.87. The molecule has 0 radical (unpaired) electrons. The Morgan fingerprint density at radius 2 is 2.00 bits per heavy atom. The van der Waals surface area contributed by atoms with Crippen LogP contribution in [0.15, 0.2) is 18.2 Å². The van der Waals surface area contributed by atoms with E-state index in [4.69, 9.17) is 5.11 Å². The first-order chi connectivity index (χ1) is 6.50. The minimum Gasteiger partial charge on any atom is -0.506 e. The van der Waals surface area contributed by atoms with E-state index in [-0.39, 0.29) is 5.75 Å². The van der Waals surface area contributed by atoms with Gasteiger partial charge >= 0.3 is 5.97 Å². The van der Waals surface area contributed by atoms with Crippen LogP contribution in [0.4, 0.5) is 0 Å². The van der Waals surface area contributed by atoms with Gasteiger partial charge in [-0.1, -0.05) is 0 Å². The summed E-state index contributed by atoms with van der Waals surface area (Å²) in [4.78, 5) is 10.3. The molecule has 0 aliphatic carbocycles. The van der Waals surface area contributed by atoms with Gasteiger partial charge in [0.2, 0.25) is 0 Å². The normalized spacial score (nSPS) is 10.7. The summed E-state index contributed by atoms with van der Waals surface area (Å²) >= 11 is 4.10. The molecule has 0 aromatic heterocycles. The number of halogens is 2. The SMILES string of the molecule is O=C(O)/C=C/c1cc(I)cc(I)c1O. The number of aromatic hydroxyl groups is 1. The Balaban J connectivity index is 3.14. The number of carbonyl (C=O) groups is 1. The van der Waals surface area contributed by atoms with Crippen molar-refractivity contribution in [3.05, 3.63) is 30.9 Å². The number of carboxylic acid groups (broad SMARTS) is 1. The molecule has 0 aliphatic rings. The average Bonchev–Trinajstić information content (AvgIpc) is 2.08. The molecular weight excluding hydrogens is 410 g/mol. The second-order valence-electron chi connectivity index (χ2n) is 2.50. The summed E-state index contributed by atoms with van der Waals surface area (Å²) in [5.74, 6) is -0.915. The summed E-state index contributed by atoms with van der Waals surface area (Å²) < 4.78 is 1.66. The predicted molar refractivity (Wildman–Crippen MR) is 70.2 cm³/mol. The van der Waals surface area contributed by atoms with Gasteiger partial charge in [-0.2, -0.15) is 0 Å². The molecule has 1 aromatic rings. The molecule has 0 atom stereocenters. The fourth-order valence-electron chi connectivity index (χ4n) is 0.874. The lowest BCUT2D eigenvalue weighted by atomic mass is 10.2. The van der Waals surface area contributed by atoms with Crippen molar-refractivity contribution in [3.8, 4) is 5.75 Å². The summed E-state index contributed by atoms with van der Waals surface area (Å²) in [6.45, 7) is 0. The van der Waals surface area contributed by atoms with Crippen LogP contribution in [0.1, 0.15) is 5.56 Å². The highest BCUT2D eigenvalue weighted by Crippen LogP contribution is 2.27. The Morgan fingerprint density at radius 1 is 1.36 bits per heavy atom. The lowest BCUT2D eigenvalue weighted by Gasteiger charge is -2.02. The van der Waals surface area contributed by atoms with Crippen LogP contribution in [0.2, 0.25) is 0 Å². The number of aliphatic carboxylic acids is 1. The van der Waals surface area contributed by atoms with Crippen LogP contribution >= 0.6 is 45.2 Å². The molecule has 1 aromatic carbocycles. The summed E-state index contributed by atoms with van der Waals surface area (Å²) in [7, 11) is 0. The maximum absolute atomic E-state index is 10.3. The van der Waals surface area contributed by atoms with E-state index in [0.717, 1.165) is 9.65 Å². The van der Waals surface area contributed by atoms with Gasteiger partial charge in [0.15, 0.2) is 0 Å². The van der Waals surface area contributed by atoms with Gasteiger partial charge in [0.25, 0.3) is 0 Å². The molecule has 0 fully saturated rings. The Bertz CT molecular complexity index is 399. The molecule has 3 nitrogen and oxygen atoms in total. The second kappa shape index (κ2) is 4.96. The first kappa shape index (κ1) is 11.8. The van der Waals surface area contributed by atoms with Gasteiger partial charge in [-0.3, -0.25) is 0 Å². The zero-order chi connectivity index (χ0) is 10.7. The first-order valence-corrected chi connectivity index (χ1v) is 5.75. The molecule has 74 valence electrons. The van der Waals surface area contributed by atoms with E-state index in [1.165, 1.54) is 6.08 Å². The van der Waals surface area contributed by atoms with E-state index >= 15 is 0 Å². The van der Waals surface area contributed by atoms with Crippen molar-refractivity contribution in [1.29, 1.82) is 0 Å². The maximum atomic E-state index is 10.3. The third kappa shape index (κ3) is 3.12. The van der Waals surface area contributed by atoms with Crippen molar-refractivity contribution < 1.29 is 15.0 Å². The molecule has 0 saturated carbocycles. The zero-order valence-electron chi connectivity index (χ0n) is 6.87. The molecule has 2 N–H and O–H groups in total. The third-order valence-corrected chi connectivity index (χ3v) is 2.91. The maximum Gasteiger partial charge on any atom is 0.328 e. The van der Waals surface area contributed by atoms with Gasteiger partial charge in [0, 0.05) is 15.2 Å². The topological polar surface area (TPSA) is 57.5 Å². The van der Waals surface area contributed by atoms with E-state index in [0.29, 0.717) is 9.13 Å².